The zero-order valence-electron chi connectivity index (χ0n) is 15.5. The molecular weight excluding hydrogens is 378 g/mol. The molecule has 2 aromatic rings. The first-order valence-electron chi connectivity index (χ1n) is 9.11. The van der Waals surface area contributed by atoms with E-state index in [-0.39, 0.29) is 11.6 Å². The van der Waals surface area contributed by atoms with E-state index in [9.17, 15) is 14.9 Å². The first kappa shape index (κ1) is 20.2. The molecule has 148 valence electrons. The molecule has 1 amide bonds. The summed E-state index contributed by atoms with van der Waals surface area (Å²) in [6.07, 6.45) is 0. The number of ether oxygens (including phenoxy) is 1. The fourth-order valence-corrected chi connectivity index (χ4v) is 3.69. The molecule has 1 saturated heterocycles. The van der Waals surface area contributed by atoms with E-state index >= 15 is 0 Å². The summed E-state index contributed by atoms with van der Waals surface area (Å²) >= 11 is 1.48. The first-order chi connectivity index (χ1) is 13.6. The number of nitrogens with one attached hydrogen (secondary N) is 1. The van der Waals surface area contributed by atoms with Gasteiger partial charge < -0.3 is 15.0 Å². The molecule has 1 fully saturated rings. The van der Waals surface area contributed by atoms with E-state index in [0.29, 0.717) is 18.1 Å². The van der Waals surface area contributed by atoms with Crippen molar-refractivity contribution in [2.75, 3.05) is 37.0 Å². The van der Waals surface area contributed by atoms with Crippen LogP contribution in [0.25, 0.3) is 0 Å². The van der Waals surface area contributed by atoms with Crippen LogP contribution in [0, 0.1) is 10.1 Å². The number of carbonyl (C=O) groups excluding carboxylic acids is 1. The van der Waals surface area contributed by atoms with E-state index in [1.54, 1.807) is 12.1 Å². The Hall–Kier alpha value is -2.58. The van der Waals surface area contributed by atoms with Crippen LogP contribution in [0.4, 0.5) is 11.4 Å². The number of anilines is 1. The molecular formula is C20H23N3O4S. The van der Waals surface area contributed by atoms with E-state index in [2.05, 4.69) is 22.3 Å². The number of rotatable bonds is 8. The number of carbonyl (C=O) groups is 1. The van der Waals surface area contributed by atoms with E-state index in [1.807, 2.05) is 12.1 Å². The second-order valence-electron chi connectivity index (χ2n) is 6.46. The van der Waals surface area contributed by atoms with Crippen LogP contribution >= 0.6 is 11.8 Å². The Morgan fingerprint density at radius 3 is 2.36 bits per heavy atom. The molecule has 0 saturated carbocycles. The molecule has 1 aliphatic rings. The minimum atomic E-state index is -0.419. The van der Waals surface area contributed by atoms with Gasteiger partial charge in [0.1, 0.15) is 0 Å². The topological polar surface area (TPSA) is 84.7 Å². The van der Waals surface area contributed by atoms with Gasteiger partial charge in [0.15, 0.2) is 0 Å². The Bertz CT molecular complexity index is 790. The van der Waals surface area contributed by atoms with Crippen molar-refractivity contribution in [1.82, 2.24) is 5.32 Å². The number of amides is 1. The van der Waals surface area contributed by atoms with Crippen LogP contribution in [0.2, 0.25) is 0 Å². The van der Waals surface area contributed by atoms with Gasteiger partial charge in [-0.1, -0.05) is 24.3 Å². The smallest absolute Gasteiger partial charge is 0.269 e. The lowest BCUT2D eigenvalue weighted by atomic mass is 10.2. The summed E-state index contributed by atoms with van der Waals surface area (Å²) < 4.78 is 5.37. The third-order valence-corrected chi connectivity index (χ3v) is 5.46. The normalized spacial score (nSPS) is 13.9. The molecule has 0 atom stereocenters. The van der Waals surface area contributed by atoms with Crippen LogP contribution in [-0.4, -0.2) is 42.9 Å². The minimum Gasteiger partial charge on any atom is -0.378 e. The fraction of sp³-hybridized carbons (Fsp3) is 0.350. The van der Waals surface area contributed by atoms with Crippen LogP contribution < -0.4 is 10.2 Å². The summed E-state index contributed by atoms with van der Waals surface area (Å²) in [6, 6.07) is 14.6. The number of hydrogen-bond acceptors (Lipinski definition) is 6. The number of morpholine rings is 1. The highest BCUT2D eigenvalue weighted by atomic mass is 32.2. The monoisotopic (exact) mass is 401 g/mol. The van der Waals surface area contributed by atoms with E-state index in [4.69, 9.17) is 4.74 Å². The molecule has 8 heteroatoms. The largest absolute Gasteiger partial charge is 0.378 e. The van der Waals surface area contributed by atoms with E-state index < -0.39 is 4.92 Å². The van der Waals surface area contributed by atoms with Gasteiger partial charge in [-0.3, -0.25) is 14.9 Å². The number of nitrogens with zero attached hydrogens (tertiary/aromatic N) is 2. The molecule has 3 rings (SSSR count). The molecule has 0 unspecified atom stereocenters. The SMILES string of the molecule is O=C(CSCc1ccc([N+](=O)[O-])cc1)NCc1ccc(N2CCOCC2)cc1. The van der Waals surface area contributed by atoms with Crippen molar-refractivity contribution < 1.29 is 14.5 Å². The number of non-ortho nitro benzene ring substituents is 1. The number of thioether (sulfide) groups is 1. The number of nitro groups is 1. The fourth-order valence-electron chi connectivity index (χ4n) is 2.87. The summed E-state index contributed by atoms with van der Waals surface area (Å²) in [4.78, 5) is 24.5. The van der Waals surface area contributed by atoms with Crippen LogP contribution in [0.3, 0.4) is 0 Å². The number of hydrogen-bond donors (Lipinski definition) is 1. The van der Waals surface area contributed by atoms with Crippen molar-refractivity contribution in [1.29, 1.82) is 0 Å². The van der Waals surface area contributed by atoms with Gasteiger partial charge in [0, 0.05) is 43.2 Å². The van der Waals surface area contributed by atoms with Gasteiger partial charge in [0.25, 0.3) is 5.69 Å². The van der Waals surface area contributed by atoms with Crippen LogP contribution in [0.5, 0.6) is 0 Å². The standard InChI is InChI=1S/C20H23N3O4S/c24-20(15-28-14-17-3-7-19(8-4-17)23(25)26)21-13-16-1-5-18(6-2-16)22-9-11-27-12-10-22/h1-8H,9-15H2,(H,21,24). The minimum absolute atomic E-state index is 0.0239. The molecule has 1 aliphatic heterocycles. The van der Waals surface area contributed by atoms with Gasteiger partial charge in [0.2, 0.25) is 5.91 Å². The average Bonchev–Trinajstić information content (AvgIpc) is 2.73. The molecule has 0 radical (unpaired) electrons. The molecule has 7 nitrogen and oxygen atoms in total. The van der Waals surface area contributed by atoms with Gasteiger partial charge in [-0.15, -0.1) is 11.8 Å². The summed E-state index contributed by atoms with van der Waals surface area (Å²) in [7, 11) is 0. The van der Waals surface area contributed by atoms with E-state index in [1.165, 1.54) is 29.6 Å². The zero-order valence-corrected chi connectivity index (χ0v) is 16.3. The Morgan fingerprint density at radius 2 is 1.71 bits per heavy atom. The van der Waals surface area contributed by atoms with Gasteiger partial charge in [-0.2, -0.15) is 0 Å². The first-order valence-corrected chi connectivity index (χ1v) is 10.3. The van der Waals surface area contributed by atoms with Crippen molar-refractivity contribution in [3.63, 3.8) is 0 Å². The summed E-state index contributed by atoms with van der Waals surface area (Å²) in [6.45, 7) is 3.83. The predicted molar refractivity (Wildman–Crippen MR) is 111 cm³/mol. The number of nitro benzene ring substituents is 1. The van der Waals surface area contributed by atoms with Crippen molar-refractivity contribution in [3.8, 4) is 0 Å². The van der Waals surface area contributed by atoms with Crippen molar-refractivity contribution in [3.05, 3.63) is 69.8 Å². The average molecular weight is 401 g/mol. The Morgan fingerprint density at radius 1 is 1.07 bits per heavy atom. The summed E-state index contributed by atoms with van der Waals surface area (Å²) in [5.74, 6) is 0.965. The van der Waals surface area contributed by atoms with Gasteiger partial charge >= 0.3 is 0 Å². The third kappa shape index (κ3) is 5.97. The molecule has 1 heterocycles. The van der Waals surface area contributed by atoms with Gasteiger partial charge in [-0.25, -0.2) is 0 Å². The second kappa shape index (κ2) is 10.1. The Labute approximate surface area is 168 Å². The molecule has 28 heavy (non-hydrogen) atoms. The maximum Gasteiger partial charge on any atom is 0.269 e. The molecule has 0 bridgehead atoms. The summed E-state index contributed by atoms with van der Waals surface area (Å²) in [5, 5.41) is 13.6. The Kier molecular flexibility index (Phi) is 7.27. The molecule has 2 aromatic carbocycles. The van der Waals surface area contributed by atoms with Crippen molar-refractivity contribution in [2.45, 2.75) is 12.3 Å². The predicted octanol–water partition coefficient (Wildman–Crippen LogP) is 2.98. The lowest BCUT2D eigenvalue weighted by Crippen LogP contribution is -2.36. The van der Waals surface area contributed by atoms with Crippen LogP contribution in [-0.2, 0) is 21.8 Å². The van der Waals surface area contributed by atoms with Gasteiger partial charge in [-0.05, 0) is 23.3 Å². The van der Waals surface area contributed by atoms with Crippen molar-refractivity contribution >= 4 is 29.0 Å². The van der Waals surface area contributed by atoms with Crippen LogP contribution in [0.1, 0.15) is 11.1 Å². The second-order valence-corrected chi connectivity index (χ2v) is 7.44. The maximum absolute atomic E-state index is 12.0. The summed E-state index contributed by atoms with van der Waals surface area (Å²) in [5.41, 5.74) is 3.27. The molecule has 1 N–H and O–H groups in total. The zero-order chi connectivity index (χ0) is 19.8. The highest BCUT2D eigenvalue weighted by molar-refractivity contribution is 7.99. The molecule has 0 spiro atoms. The lowest BCUT2D eigenvalue weighted by molar-refractivity contribution is -0.384. The Balaban J connectivity index is 1.37. The van der Waals surface area contributed by atoms with Gasteiger partial charge in [0.05, 0.1) is 23.9 Å². The quantitative estimate of drug-likeness (QED) is 0.541. The highest BCUT2D eigenvalue weighted by Crippen LogP contribution is 2.18. The molecule has 0 aromatic heterocycles. The highest BCUT2D eigenvalue weighted by Gasteiger charge is 2.11. The maximum atomic E-state index is 12.0. The number of benzene rings is 2. The molecule has 0 aliphatic carbocycles. The third-order valence-electron chi connectivity index (χ3n) is 4.45. The van der Waals surface area contributed by atoms with Crippen molar-refractivity contribution in [2.24, 2.45) is 0 Å². The lowest BCUT2D eigenvalue weighted by Gasteiger charge is -2.28. The van der Waals surface area contributed by atoms with E-state index in [0.717, 1.165) is 37.4 Å². The van der Waals surface area contributed by atoms with Crippen LogP contribution in [0.15, 0.2) is 48.5 Å².